The summed E-state index contributed by atoms with van der Waals surface area (Å²) in [5.41, 5.74) is 1.07. The van der Waals surface area contributed by atoms with Gasteiger partial charge in [0, 0.05) is 5.56 Å². The zero-order valence-electron chi connectivity index (χ0n) is 23.5. The Labute approximate surface area is 259 Å². The van der Waals surface area contributed by atoms with Crippen LogP contribution in [0.25, 0.3) is 0 Å². The number of carbonyl (C=O) groups is 4. The Kier molecular flexibility index (Phi) is 6.75. The monoisotopic (exact) mass is 630 g/mol. The smallest absolute Gasteiger partial charge is 0.339 e. The standard InChI is InChI=1S/C33H27ClN2O7S/c1-18-6-12-21(13-7-18)44(41,42)43-20-10-8-19(9-11-20)28(37)17-35(31(38)24-4-2-3-5-27(24)34)36-32(39)29-22-14-15-23(26-16-25(22)26)30(29)33(36)40/h2-15,22-23,25-26,29-30H,16-17H2,1H3/t22-,23-,25-,26+,29-,30+/m0/s1. The maximum atomic E-state index is 13.9. The lowest BCUT2D eigenvalue weighted by Crippen LogP contribution is -2.52. The van der Waals surface area contributed by atoms with E-state index in [-0.39, 0.29) is 38.6 Å². The highest BCUT2D eigenvalue weighted by molar-refractivity contribution is 7.87. The lowest BCUT2D eigenvalue weighted by molar-refractivity contribution is -0.154. The van der Waals surface area contributed by atoms with Crippen molar-refractivity contribution < 1.29 is 31.8 Å². The molecule has 0 radical (unpaired) electrons. The summed E-state index contributed by atoms with van der Waals surface area (Å²) in [5.74, 6) is -2.82. The normalized spacial score (nSPS) is 26.3. The number of imide groups is 1. The van der Waals surface area contributed by atoms with Crippen molar-refractivity contribution in [2.45, 2.75) is 18.2 Å². The lowest BCUT2D eigenvalue weighted by atomic mass is 9.63. The summed E-state index contributed by atoms with van der Waals surface area (Å²) < 4.78 is 30.6. The Balaban J connectivity index is 1.15. The van der Waals surface area contributed by atoms with E-state index >= 15 is 0 Å². The van der Waals surface area contributed by atoms with Crippen LogP contribution in [0.1, 0.15) is 32.7 Å². The Morgan fingerprint density at radius 3 is 2.07 bits per heavy atom. The molecule has 0 N–H and O–H groups in total. The van der Waals surface area contributed by atoms with Crippen LogP contribution < -0.4 is 4.18 Å². The summed E-state index contributed by atoms with van der Waals surface area (Å²) in [5, 5.41) is 1.89. The molecular weight excluding hydrogens is 604 g/mol. The number of nitrogens with zero attached hydrogens (tertiary/aromatic N) is 2. The number of Topliss-reactive ketones (excluding diaryl/α,β-unsaturated/α-hetero) is 1. The van der Waals surface area contributed by atoms with Gasteiger partial charge in [0.15, 0.2) is 5.78 Å². The molecule has 5 aliphatic rings. The maximum Gasteiger partial charge on any atom is 0.339 e. The van der Waals surface area contributed by atoms with Gasteiger partial charge in [-0.3, -0.25) is 19.2 Å². The van der Waals surface area contributed by atoms with Crippen molar-refractivity contribution in [3.05, 3.63) is 107 Å². The van der Waals surface area contributed by atoms with Crippen LogP contribution in [0.15, 0.2) is 89.8 Å². The molecule has 3 fully saturated rings. The fraction of sp³-hybridized carbons (Fsp3) is 0.273. The molecule has 0 spiro atoms. The van der Waals surface area contributed by atoms with Crippen molar-refractivity contribution in [3.63, 3.8) is 0 Å². The molecule has 8 rings (SSSR count). The van der Waals surface area contributed by atoms with Crippen molar-refractivity contribution in [1.82, 2.24) is 10.0 Å². The quantitative estimate of drug-likeness (QED) is 0.153. The van der Waals surface area contributed by atoms with Crippen LogP contribution in [0, 0.1) is 42.4 Å². The van der Waals surface area contributed by atoms with Crippen molar-refractivity contribution in [1.29, 1.82) is 0 Å². The topological polar surface area (TPSA) is 118 Å². The van der Waals surface area contributed by atoms with Crippen molar-refractivity contribution in [2.24, 2.45) is 35.5 Å². The van der Waals surface area contributed by atoms with Crippen molar-refractivity contribution in [2.75, 3.05) is 6.54 Å². The van der Waals surface area contributed by atoms with Gasteiger partial charge in [-0.1, -0.05) is 53.6 Å². The van der Waals surface area contributed by atoms with Crippen molar-refractivity contribution in [3.8, 4) is 5.75 Å². The van der Waals surface area contributed by atoms with E-state index < -0.39 is 52.0 Å². The molecule has 2 saturated carbocycles. The summed E-state index contributed by atoms with van der Waals surface area (Å²) in [7, 11) is -4.10. The summed E-state index contributed by atoms with van der Waals surface area (Å²) in [6, 6.07) is 17.8. The van der Waals surface area contributed by atoms with Crippen LogP contribution >= 0.6 is 11.6 Å². The fourth-order valence-electron chi connectivity index (χ4n) is 6.99. The summed E-state index contributed by atoms with van der Waals surface area (Å²) in [6.45, 7) is 1.22. The number of ketones is 1. The molecule has 11 heteroatoms. The average Bonchev–Trinajstić information content (AvgIpc) is 3.79. The first-order valence-corrected chi connectivity index (χ1v) is 16.1. The highest BCUT2D eigenvalue weighted by atomic mass is 35.5. The minimum absolute atomic E-state index is 0.0124. The van der Waals surface area contributed by atoms with E-state index in [0.717, 1.165) is 22.0 Å². The van der Waals surface area contributed by atoms with E-state index in [0.29, 0.717) is 11.8 Å². The second-order valence-electron chi connectivity index (χ2n) is 11.8. The molecule has 3 aromatic rings. The molecule has 3 amide bonds. The molecule has 1 heterocycles. The first kappa shape index (κ1) is 28.5. The number of carbonyl (C=O) groups excluding carboxylic acids is 4. The Hall–Kier alpha value is -4.28. The SMILES string of the molecule is Cc1ccc(S(=O)(=O)Oc2ccc(C(=O)CN(C(=O)c3ccccc3Cl)N3C(=O)[C@@H]4[C@H]5C=C[C@@H]([C@@H]6C[C@H]56)[C@@H]4C3=O)cc2)cc1. The third-order valence-corrected chi connectivity index (χ3v) is 10.8. The molecule has 3 aromatic carbocycles. The number of hydrazine groups is 1. The molecule has 9 nitrogen and oxygen atoms in total. The van der Waals surface area contributed by atoms with Crippen LogP contribution in [0.4, 0.5) is 0 Å². The predicted molar refractivity (Wildman–Crippen MR) is 159 cm³/mol. The van der Waals surface area contributed by atoms with Gasteiger partial charge in [-0.25, -0.2) is 5.01 Å². The second kappa shape index (κ2) is 10.4. The summed E-state index contributed by atoms with van der Waals surface area (Å²) in [6.07, 6.45) is 5.05. The Bertz CT molecular complexity index is 1820. The lowest BCUT2D eigenvalue weighted by Gasteiger charge is -2.37. The number of benzene rings is 3. The molecule has 0 unspecified atom stereocenters. The third kappa shape index (κ3) is 4.64. The van der Waals surface area contributed by atoms with Gasteiger partial charge in [-0.2, -0.15) is 13.4 Å². The fourth-order valence-corrected chi connectivity index (χ4v) is 8.14. The van der Waals surface area contributed by atoms with Gasteiger partial charge in [0.2, 0.25) is 0 Å². The largest absolute Gasteiger partial charge is 0.379 e. The summed E-state index contributed by atoms with van der Waals surface area (Å²) in [4.78, 5) is 55.1. The number of halogens is 1. The minimum Gasteiger partial charge on any atom is -0.379 e. The van der Waals surface area contributed by atoms with Gasteiger partial charge in [0.05, 0.1) is 22.4 Å². The number of rotatable bonds is 8. The van der Waals surface area contributed by atoms with Crippen molar-refractivity contribution >= 4 is 45.2 Å². The van der Waals surface area contributed by atoms with E-state index in [4.69, 9.17) is 15.8 Å². The van der Waals surface area contributed by atoms with Gasteiger partial charge in [-0.05, 0) is 85.5 Å². The molecule has 1 aliphatic heterocycles. The van der Waals surface area contributed by atoms with E-state index in [1.165, 1.54) is 48.5 Å². The van der Waals surface area contributed by atoms with Crippen LogP contribution in [-0.4, -0.2) is 48.5 Å². The summed E-state index contributed by atoms with van der Waals surface area (Å²) >= 11 is 6.33. The predicted octanol–water partition coefficient (Wildman–Crippen LogP) is 4.71. The van der Waals surface area contributed by atoms with E-state index in [2.05, 4.69) is 0 Å². The molecular formula is C33H27ClN2O7S. The first-order valence-electron chi connectivity index (χ1n) is 14.3. The highest BCUT2D eigenvalue weighted by Gasteiger charge is 2.68. The Morgan fingerprint density at radius 2 is 1.48 bits per heavy atom. The van der Waals surface area contributed by atoms with E-state index in [9.17, 15) is 27.6 Å². The van der Waals surface area contributed by atoms with Crippen LogP contribution in [0.2, 0.25) is 5.02 Å². The molecule has 6 atom stereocenters. The van der Waals surface area contributed by atoms with E-state index in [1.54, 1.807) is 24.3 Å². The maximum absolute atomic E-state index is 13.9. The van der Waals surface area contributed by atoms with Crippen LogP contribution in [0.3, 0.4) is 0 Å². The zero-order valence-corrected chi connectivity index (χ0v) is 25.1. The van der Waals surface area contributed by atoms with Crippen LogP contribution in [0.5, 0.6) is 5.75 Å². The van der Waals surface area contributed by atoms with Crippen LogP contribution in [-0.2, 0) is 19.7 Å². The minimum atomic E-state index is -4.10. The molecule has 1 saturated heterocycles. The number of hydrogen-bond acceptors (Lipinski definition) is 7. The molecule has 224 valence electrons. The van der Waals surface area contributed by atoms with Gasteiger partial charge >= 0.3 is 10.1 Å². The van der Waals surface area contributed by atoms with Gasteiger partial charge in [-0.15, -0.1) is 0 Å². The first-order chi connectivity index (χ1) is 21.0. The van der Waals surface area contributed by atoms with Gasteiger partial charge in [0.25, 0.3) is 17.7 Å². The highest BCUT2D eigenvalue weighted by Crippen LogP contribution is 2.65. The van der Waals surface area contributed by atoms with E-state index in [1.807, 2.05) is 19.1 Å². The Morgan fingerprint density at radius 1 is 0.886 bits per heavy atom. The number of allylic oxidation sites excluding steroid dienone is 2. The zero-order chi connectivity index (χ0) is 30.9. The molecule has 0 aromatic heterocycles. The number of amides is 3. The molecule has 44 heavy (non-hydrogen) atoms. The molecule has 2 bridgehead atoms. The van der Waals surface area contributed by atoms with Gasteiger partial charge < -0.3 is 4.18 Å². The number of aryl methyl sites for hydroxylation is 1. The molecule has 4 aliphatic carbocycles. The third-order valence-electron chi connectivity index (χ3n) is 9.20. The second-order valence-corrected chi connectivity index (χ2v) is 13.7. The van der Waals surface area contributed by atoms with Gasteiger partial charge in [0.1, 0.15) is 17.2 Å². The average molecular weight is 631 g/mol. The number of hydrogen-bond donors (Lipinski definition) is 0.